The fraction of sp³-hybridized carbons (Fsp3) is 0.130. The zero-order valence-electron chi connectivity index (χ0n) is 15.9. The molecule has 0 aliphatic heterocycles. The number of aromatic carboxylic acids is 1. The van der Waals surface area contributed by atoms with Gasteiger partial charge in [-0.25, -0.2) is 4.79 Å². The summed E-state index contributed by atoms with van der Waals surface area (Å²) in [6.45, 7) is 2.51. The number of carboxylic acid groups (broad SMARTS) is 1. The molecule has 6 nitrogen and oxygen atoms in total. The van der Waals surface area contributed by atoms with Crippen molar-refractivity contribution in [2.45, 2.75) is 13.5 Å². The fourth-order valence-corrected chi connectivity index (χ4v) is 2.76. The molecule has 148 valence electrons. The molecule has 3 aromatic rings. The lowest BCUT2D eigenvalue weighted by Gasteiger charge is -2.12. The van der Waals surface area contributed by atoms with E-state index in [0.29, 0.717) is 34.9 Å². The monoisotopic (exact) mass is 391 g/mol. The molecule has 0 heterocycles. The van der Waals surface area contributed by atoms with Crippen LogP contribution in [0.3, 0.4) is 0 Å². The summed E-state index contributed by atoms with van der Waals surface area (Å²) in [5.41, 5.74) is 1.85. The van der Waals surface area contributed by atoms with Gasteiger partial charge in [-0.05, 0) is 49.4 Å². The van der Waals surface area contributed by atoms with Crippen LogP contribution in [0, 0.1) is 0 Å². The summed E-state index contributed by atoms with van der Waals surface area (Å²) in [5, 5.41) is 12.1. The Morgan fingerprint density at radius 1 is 0.897 bits per heavy atom. The Hall–Kier alpha value is -3.80. The Morgan fingerprint density at radius 3 is 2.31 bits per heavy atom. The number of hydrogen-bond acceptors (Lipinski definition) is 4. The number of anilines is 1. The van der Waals surface area contributed by atoms with Crippen molar-refractivity contribution in [2.24, 2.45) is 0 Å². The average Bonchev–Trinajstić information content (AvgIpc) is 2.74. The van der Waals surface area contributed by atoms with Crippen molar-refractivity contribution in [3.8, 4) is 11.5 Å². The lowest BCUT2D eigenvalue weighted by Crippen LogP contribution is -2.13. The molecular formula is C23H21NO5. The van der Waals surface area contributed by atoms with E-state index in [1.54, 1.807) is 54.6 Å². The number of amides is 1. The molecule has 0 unspecified atom stereocenters. The van der Waals surface area contributed by atoms with E-state index in [1.807, 2.05) is 19.1 Å². The molecule has 0 aliphatic rings. The van der Waals surface area contributed by atoms with Crippen LogP contribution in [0.4, 0.5) is 5.69 Å². The van der Waals surface area contributed by atoms with Crippen LogP contribution in [0.1, 0.15) is 33.2 Å². The highest BCUT2D eigenvalue weighted by molar-refractivity contribution is 6.05. The Kier molecular flexibility index (Phi) is 6.47. The van der Waals surface area contributed by atoms with E-state index in [1.165, 1.54) is 6.07 Å². The normalized spacial score (nSPS) is 10.2. The summed E-state index contributed by atoms with van der Waals surface area (Å²) < 4.78 is 11.2. The van der Waals surface area contributed by atoms with Crippen molar-refractivity contribution in [1.29, 1.82) is 0 Å². The summed E-state index contributed by atoms with van der Waals surface area (Å²) in [7, 11) is 0. The Morgan fingerprint density at radius 2 is 1.59 bits per heavy atom. The van der Waals surface area contributed by atoms with Crippen LogP contribution in [0.15, 0.2) is 72.8 Å². The first-order valence-corrected chi connectivity index (χ1v) is 9.15. The molecule has 3 rings (SSSR count). The van der Waals surface area contributed by atoms with Gasteiger partial charge >= 0.3 is 5.97 Å². The predicted octanol–water partition coefficient (Wildman–Crippen LogP) is 4.61. The molecule has 0 fully saturated rings. The topological polar surface area (TPSA) is 84.9 Å². The molecule has 0 radical (unpaired) electrons. The van der Waals surface area contributed by atoms with E-state index in [4.69, 9.17) is 9.47 Å². The molecule has 1 amide bonds. The molecule has 0 saturated carbocycles. The van der Waals surface area contributed by atoms with E-state index >= 15 is 0 Å². The van der Waals surface area contributed by atoms with E-state index in [2.05, 4.69) is 5.32 Å². The summed E-state index contributed by atoms with van der Waals surface area (Å²) in [6.07, 6.45) is 0. The molecule has 6 heteroatoms. The number of ether oxygens (including phenoxy) is 2. The molecule has 0 aromatic heterocycles. The standard InChI is InChI=1S/C23H21NO5/c1-2-28-21-10-6-5-9-20(21)24-22(25)16-11-13-18(14-12-16)29-15-17-7-3-4-8-19(17)23(26)27/h3-14H,2,15H2,1H3,(H,24,25)(H,26,27). The van der Waals surface area contributed by atoms with Crippen molar-refractivity contribution in [3.63, 3.8) is 0 Å². The maximum absolute atomic E-state index is 12.5. The van der Waals surface area contributed by atoms with Gasteiger partial charge in [0.25, 0.3) is 5.91 Å². The molecular weight excluding hydrogens is 370 g/mol. The third kappa shape index (κ3) is 5.13. The van der Waals surface area contributed by atoms with Crippen molar-refractivity contribution in [1.82, 2.24) is 0 Å². The van der Waals surface area contributed by atoms with Gasteiger partial charge in [0.1, 0.15) is 18.1 Å². The van der Waals surface area contributed by atoms with Crippen LogP contribution >= 0.6 is 0 Å². The maximum Gasteiger partial charge on any atom is 0.336 e. The van der Waals surface area contributed by atoms with E-state index in [9.17, 15) is 14.7 Å². The SMILES string of the molecule is CCOc1ccccc1NC(=O)c1ccc(OCc2ccccc2C(=O)O)cc1. The summed E-state index contributed by atoms with van der Waals surface area (Å²) >= 11 is 0. The first-order valence-electron chi connectivity index (χ1n) is 9.15. The Bertz CT molecular complexity index is 998. The fourth-order valence-electron chi connectivity index (χ4n) is 2.76. The summed E-state index contributed by atoms with van der Waals surface area (Å²) in [6, 6.07) is 20.6. The second kappa shape index (κ2) is 9.41. The first-order chi connectivity index (χ1) is 14.1. The molecule has 3 aromatic carbocycles. The van der Waals surface area contributed by atoms with Crippen molar-refractivity contribution < 1.29 is 24.2 Å². The highest BCUT2D eigenvalue weighted by atomic mass is 16.5. The van der Waals surface area contributed by atoms with Gasteiger partial charge in [-0.15, -0.1) is 0 Å². The molecule has 0 atom stereocenters. The zero-order valence-corrected chi connectivity index (χ0v) is 15.9. The van der Waals surface area contributed by atoms with Gasteiger partial charge in [-0.3, -0.25) is 4.79 Å². The largest absolute Gasteiger partial charge is 0.492 e. The van der Waals surface area contributed by atoms with Gasteiger partial charge in [0, 0.05) is 11.1 Å². The number of carboxylic acids is 1. The molecule has 29 heavy (non-hydrogen) atoms. The zero-order chi connectivity index (χ0) is 20.6. The molecule has 0 aliphatic carbocycles. The van der Waals surface area contributed by atoms with E-state index < -0.39 is 5.97 Å². The van der Waals surface area contributed by atoms with Gasteiger partial charge in [0.2, 0.25) is 0 Å². The van der Waals surface area contributed by atoms with Crippen molar-refractivity contribution in [3.05, 3.63) is 89.5 Å². The summed E-state index contributed by atoms with van der Waals surface area (Å²) in [4.78, 5) is 23.8. The van der Waals surface area contributed by atoms with Crippen LogP contribution in [0.5, 0.6) is 11.5 Å². The second-order valence-electron chi connectivity index (χ2n) is 6.16. The van der Waals surface area contributed by atoms with Gasteiger partial charge < -0.3 is 19.9 Å². The van der Waals surface area contributed by atoms with Gasteiger partial charge in [-0.1, -0.05) is 30.3 Å². The van der Waals surface area contributed by atoms with Crippen LogP contribution < -0.4 is 14.8 Å². The lowest BCUT2D eigenvalue weighted by atomic mass is 10.1. The first kappa shape index (κ1) is 19.9. The number of benzene rings is 3. The maximum atomic E-state index is 12.5. The average molecular weight is 391 g/mol. The number of nitrogens with one attached hydrogen (secondary N) is 1. The number of hydrogen-bond donors (Lipinski definition) is 2. The third-order valence-corrected chi connectivity index (χ3v) is 4.19. The minimum Gasteiger partial charge on any atom is -0.492 e. The van der Waals surface area contributed by atoms with E-state index in [0.717, 1.165) is 0 Å². The van der Waals surface area contributed by atoms with Gasteiger partial charge in [-0.2, -0.15) is 0 Å². The lowest BCUT2D eigenvalue weighted by molar-refractivity contribution is 0.0693. The van der Waals surface area contributed by atoms with Crippen LogP contribution in [-0.4, -0.2) is 23.6 Å². The van der Waals surface area contributed by atoms with E-state index in [-0.39, 0.29) is 18.1 Å². The van der Waals surface area contributed by atoms with Gasteiger partial charge in [0.05, 0.1) is 17.9 Å². The molecule has 0 saturated heterocycles. The highest BCUT2D eigenvalue weighted by Gasteiger charge is 2.11. The van der Waals surface area contributed by atoms with Crippen molar-refractivity contribution in [2.75, 3.05) is 11.9 Å². The van der Waals surface area contributed by atoms with Crippen LogP contribution in [0.2, 0.25) is 0 Å². The Balaban J connectivity index is 1.65. The number of carbonyl (C=O) groups is 2. The summed E-state index contributed by atoms with van der Waals surface area (Å²) in [5.74, 6) is -0.111. The minimum atomic E-state index is -0.997. The second-order valence-corrected chi connectivity index (χ2v) is 6.16. The van der Waals surface area contributed by atoms with Gasteiger partial charge in [0.15, 0.2) is 0 Å². The number of carbonyl (C=O) groups excluding carboxylic acids is 1. The van der Waals surface area contributed by atoms with Crippen LogP contribution in [-0.2, 0) is 6.61 Å². The molecule has 0 bridgehead atoms. The quantitative estimate of drug-likeness (QED) is 0.585. The third-order valence-electron chi connectivity index (χ3n) is 4.19. The molecule has 2 N–H and O–H groups in total. The molecule has 0 spiro atoms. The highest BCUT2D eigenvalue weighted by Crippen LogP contribution is 2.24. The number of rotatable bonds is 8. The van der Waals surface area contributed by atoms with Crippen molar-refractivity contribution >= 4 is 17.6 Å². The minimum absolute atomic E-state index is 0.121. The Labute approximate surface area is 168 Å². The number of para-hydroxylation sites is 2. The predicted molar refractivity (Wildman–Crippen MR) is 110 cm³/mol. The smallest absolute Gasteiger partial charge is 0.336 e. The van der Waals surface area contributed by atoms with Crippen LogP contribution in [0.25, 0.3) is 0 Å².